The fraction of sp³-hybridized carbons (Fsp3) is 1.00. The van der Waals surface area contributed by atoms with Crippen LogP contribution in [0.15, 0.2) is 0 Å². The quantitative estimate of drug-likeness (QED) is 0.854. The topological polar surface area (TPSA) is 32.7 Å². The molecule has 1 aliphatic heterocycles. The second kappa shape index (κ2) is 6.11. The third kappa shape index (κ3) is 3.93. The molecule has 0 aromatic carbocycles. The van der Waals surface area contributed by atoms with Crippen LogP contribution in [-0.2, 0) is 4.74 Å². The van der Waals surface area contributed by atoms with E-state index in [4.69, 9.17) is 4.74 Å². The van der Waals surface area contributed by atoms with E-state index < -0.39 is 0 Å². The lowest BCUT2D eigenvalue weighted by Crippen LogP contribution is -2.41. The van der Waals surface area contributed by atoms with Crippen LogP contribution in [-0.4, -0.2) is 49.0 Å². The van der Waals surface area contributed by atoms with Crippen molar-refractivity contribution in [1.29, 1.82) is 0 Å². The molecule has 0 amide bonds. The minimum atomic E-state index is -0.0970. The Morgan fingerprint density at radius 3 is 2.53 bits per heavy atom. The minimum Gasteiger partial charge on any atom is -0.393 e. The van der Waals surface area contributed by atoms with Gasteiger partial charge in [0.05, 0.1) is 12.2 Å². The predicted octanol–water partition coefficient (Wildman–Crippen LogP) is 2.53. The smallest absolute Gasteiger partial charge is 0.0710 e. The first-order valence-corrected chi connectivity index (χ1v) is 7.83. The third-order valence-electron chi connectivity index (χ3n) is 5.22. The van der Waals surface area contributed by atoms with Crippen LogP contribution in [0.25, 0.3) is 0 Å². The van der Waals surface area contributed by atoms with Crippen molar-refractivity contribution in [2.24, 2.45) is 17.3 Å². The highest BCUT2D eigenvalue weighted by atomic mass is 16.5. The maximum absolute atomic E-state index is 10.3. The molecule has 19 heavy (non-hydrogen) atoms. The van der Waals surface area contributed by atoms with Gasteiger partial charge in [0.1, 0.15) is 0 Å². The van der Waals surface area contributed by atoms with Crippen LogP contribution in [0, 0.1) is 17.3 Å². The molecule has 0 aromatic rings. The molecule has 4 unspecified atom stereocenters. The van der Waals surface area contributed by atoms with Crippen molar-refractivity contribution in [3.8, 4) is 0 Å². The number of likely N-dealkylation sites (tertiary alicyclic amines) is 1. The van der Waals surface area contributed by atoms with Crippen molar-refractivity contribution < 1.29 is 9.84 Å². The van der Waals surface area contributed by atoms with Crippen LogP contribution in [0.2, 0.25) is 0 Å². The molecule has 1 saturated heterocycles. The molecule has 1 saturated carbocycles. The van der Waals surface area contributed by atoms with E-state index in [0.717, 1.165) is 38.4 Å². The largest absolute Gasteiger partial charge is 0.393 e. The highest BCUT2D eigenvalue weighted by Crippen LogP contribution is 2.40. The van der Waals surface area contributed by atoms with Gasteiger partial charge in [0, 0.05) is 26.7 Å². The van der Waals surface area contributed by atoms with Gasteiger partial charge in [0.25, 0.3) is 0 Å². The number of methoxy groups -OCH3 is 1. The molecule has 1 N–H and O–H groups in total. The van der Waals surface area contributed by atoms with Crippen molar-refractivity contribution in [2.75, 3.05) is 26.7 Å². The van der Waals surface area contributed by atoms with E-state index in [9.17, 15) is 5.11 Å². The first-order valence-electron chi connectivity index (χ1n) is 7.83. The van der Waals surface area contributed by atoms with Gasteiger partial charge in [-0.25, -0.2) is 0 Å². The summed E-state index contributed by atoms with van der Waals surface area (Å²) in [4.78, 5) is 2.48. The van der Waals surface area contributed by atoms with Gasteiger partial charge in [-0.1, -0.05) is 20.8 Å². The predicted molar refractivity (Wildman–Crippen MR) is 78.1 cm³/mol. The highest BCUT2D eigenvalue weighted by molar-refractivity contribution is 4.88. The van der Waals surface area contributed by atoms with E-state index in [2.05, 4.69) is 25.7 Å². The Kier molecular flexibility index (Phi) is 4.91. The van der Waals surface area contributed by atoms with Crippen molar-refractivity contribution in [2.45, 2.75) is 58.7 Å². The second-order valence-electron chi connectivity index (χ2n) is 7.61. The average molecular weight is 269 g/mol. The number of nitrogens with zero attached hydrogens (tertiary/aromatic N) is 1. The van der Waals surface area contributed by atoms with Gasteiger partial charge < -0.3 is 14.7 Å². The zero-order valence-electron chi connectivity index (χ0n) is 13.1. The lowest BCUT2D eigenvalue weighted by Gasteiger charge is -2.41. The van der Waals surface area contributed by atoms with Gasteiger partial charge in [0.2, 0.25) is 0 Å². The molecule has 0 radical (unpaired) electrons. The molecule has 3 nitrogen and oxygen atoms in total. The molecule has 2 aliphatic rings. The normalized spacial score (nSPS) is 37.7. The van der Waals surface area contributed by atoms with Gasteiger partial charge in [-0.3, -0.25) is 0 Å². The van der Waals surface area contributed by atoms with Gasteiger partial charge in [-0.05, 0) is 42.9 Å². The summed E-state index contributed by atoms with van der Waals surface area (Å²) in [6.07, 6.45) is 4.79. The summed E-state index contributed by atoms with van der Waals surface area (Å²) in [6.45, 7) is 10.2. The van der Waals surface area contributed by atoms with Crippen LogP contribution >= 0.6 is 0 Å². The lowest BCUT2D eigenvalue weighted by molar-refractivity contribution is 0.00396. The molecular weight excluding hydrogens is 238 g/mol. The first-order chi connectivity index (χ1) is 8.90. The molecule has 3 heteroatoms. The van der Waals surface area contributed by atoms with Crippen molar-refractivity contribution in [3.63, 3.8) is 0 Å². The van der Waals surface area contributed by atoms with Crippen LogP contribution in [0.5, 0.6) is 0 Å². The molecule has 1 aliphatic carbocycles. The number of aliphatic hydroxyl groups is 1. The molecule has 1 heterocycles. The number of aliphatic hydroxyl groups excluding tert-OH is 1. The maximum atomic E-state index is 10.3. The monoisotopic (exact) mass is 269 g/mol. The molecule has 0 spiro atoms. The molecule has 4 atom stereocenters. The Bertz CT molecular complexity index is 287. The summed E-state index contributed by atoms with van der Waals surface area (Å²) in [5, 5.41) is 10.3. The SMILES string of the molecule is COC1CCN(CC2CC(C(C)(C)C)CCC2O)C1. The van der Waals surface area contributed by atoms with Crippen LogP contribution in [0.4, 0.5) is 0 Å². The Morgan fingerprint density at radius 1 is 1.21 bits per heavy atom. The van der Waals surface area contributed by atoms with Crippen molar-refractivity contribution >= 4 is 0 Å². The summed E-state index contributed by atoms with van der Waals surface area (Å²) in [6, 6.07) is 0. The maximum Gasteiger partial charge on any atom is 0.0710 e. The van der Waals surface area contributed by atoms with Gasteiger partial charge in [-0.15, -0.1) is 0 Å². The summed E-state index contributed by atoms with van der Waals surface area (Å²) in [5.74, 6) is 1.20. The molecule has 112 valence electrons. The number of hydrogen-bond acceptors (Lipinski definition) is 3. The van der Waals surface area contributed by atoms with Crippen LogP contribution in [0.1, 0.15) is 46.5 Å². The average Bonchev–Trinajstić information content (AvgIpc) is 2.78. The number of hydrogen-bond donors (Lipinski definition) is 1. The molecule has 0 bridgehead atoms. The molecular formula is C16H31NO2. The Morgan fingerprint density at radius 2 is 1.95 bits per heavy atom. The second-order valence-corrected chi connectivity index (χ2v) is 7.61. The molecule has 2 fully saturated rings. The fourth-order valence-corrected chi connectivity index (χ4v) is 3.72. The van der Waals surface area contributed by atoms with Gasteiger partial charge in [-0.2, -0.15) is 0 Å². The Hall–Kier alpha value is -0.120. The van der Waals surface area contributed by atoms with Crippen LogP contribution < -0.4 is 0 Å². The van der Waals surface area contributed by atoms with Crippen molar-refractivity contribution in [1.82, 2.24) is 4.90 Å². The Labute approximate surface area is 118 Å². The van der Waals surface area contributed by atoms with E-state index in [-0.39, 0.29) is 6.10 Å². The van der Waals surface area contributed by atoms with E-state index in [0.29, 0.717) is 17.4 Å². The zero-order valence-corrected chi connectivity index (χ0v) is 13.1. The third-order valence-corrected chi connectivity index (χ3v) is 5.22. The standard InChI is InChI=1S/C16H31NO2/c1-16(2,3)13-5-6-15(18)12(9-13)10-17-8-7-14(11-17)19-4/h12-15,18H,5-11H2,1-4H3. The minimum absolute atomic E-state index is 0.0970. The Balaban J connectivity index is 1.87. The highest BCUT2D eigenvalue weighted by Gasteiger charge is 2.36. The van der Waals surface area contributed by atoms with E-state index in [1.807, 2.05) is 0 Å². The first kappa shape index (κ1) is 15.3. The van der Waals surface area contributed by atoms with Gasteiger partial charge in [0.15, 0.2) is 0 Å². The fourth-order valence-electron chi connectivity index (χ4n) is 3.72. The van der Waals surface area contributed by atoms with E-state index >= 15 is 0 Å². The van der Waals surface area contributed by atoms with E-state index in [1.165, 1.54) is 12.8 Å². The van der Waals surface area contributed by atoms with E-state index in [1.54, 1.807) is 7.11 Å². The van der Waals surface area contributed by atoms with Crippen molar-refractivity contribution in [3.05, 3.63) is 0 Å². The van der Waals surface area contributed by atoms with Crippen LogP contribution in [0.3, 0.4) is 0 Å². The summed E-state index contributed by atoms with van der Waals surface area (Å²) < 4.78 is 5.43. The number of rotatable bonds is 3. The molecule has 2 rings (SSSR count). The molecule has 0 aromatic heterocycles. The summed E-state index contributed by atoms with van der Waals surface area (Å²) >= 11 is 0. The van der Waals surface area contributed by atoms with Gasteiger partial charge >= 0.3 is 0 Å². The number of ether oxygens (including phenoxy) is 1. The zero-order chi connectivity index (χ0) is 14.0. The summed E-state index contributed by atoms with van der Waals surface area (Å²) in [5.41, 5.74) is 0.373. The lowest BCUT2D eigenvalue weighted by atomic mass is 9.68. The summed E-state index contributed by atoms with van der Waals surface area (Å²) in [7, 11) is 1.80.